The van der Waals surface area contributed by atoms with E-state index in [-0.39, 0.29) is 11.1 Å². The largest absolute Gasteiger partial charge is 0.508 e. The monoisotopic (exact) mass is 610 g/mol. The molecule has 0 bridgehead atoms. The number of hydrogen-bond donors (Lipinski definition) is 10. The van der Waals surface area contributed by atoms with Crippen molar-refractivity contribution in [3.05, 3.63) is 40.6 Å². The number of hydrogen-bond acceptors (Lipinski definition) is 16. The average Bonchev–Trinajstić information content (AvgIpc) is 2.97. The molecule has 0 saturated carbocycles. The van der Waals surface area contributed by atoms with Crippen molar-refractivity contribution in [1.82, 2.24) is 0 Å². The van der Waals surface area contributed by atoms with Crippen molar-refractivity contribution in [3.63, 3.8) is 0 Å². The summed E-state index contributed by atoms with van der Waals surface area (Å²) in [7, 11) is 0. The zero-order valence-corrected chi connectivity index (χ0v) is 22.3. The first kappa shape index (κ1) is 30.7. The molecule has 2 saturated heterocycles. The van der Waals surface area contributed by atoms with Crippen LogP contribution >= 0.6 is 0 Å². The third kappa shape index (κ3) is 5.55. The van der Waals surface area contributed by atoms with Crippen molar-refractivity contribution in [2.24, 2.45) is 0 Å². The van der Waals surface area contributed by atoms with Gasteiger partial charge in [-0.2, -0.15) is 0 Å². The SMILES string of the molecule is C[C@@H]1O[C@H](Oc2cc(O)cc3oc(-c4ccc(O)c(O)c4)c(O[C@H]4O[C@H](CO)[C@@H](O)[C@H](O)[C@H]4O)c(=O)c23)[C@H](O)[C@H](O)[C@H]1O. The van der Waals surface area contributed by atoms with Gasteiger partial charge >= 0.3 is 0 Å². The molecule has 2 fully saturated rings. The van der Waals surface area contributed by atoms with Crippen LogP contribution in [0.3, 0.4) is 0 Å². The maximum absolute atomic E-state index is 14.0. The van der Waals surface area contributed by atoms with Gasteiger partial charge in [0.1, 0.15) is 65.2 Å². The van der Waals surface area contributed by atoms with E-state index < -0.39 is 113 Å². The molecule has 0 unspecified atom stereocenters. The Morgan fingerprint density at radius 1 is 0.767 bits per heavy atom. The molecule has 2 aliphatic rings. The number of ether oxygens (including phenoxy) is 4. The molecular weight excluding hydrogens is 580 g/mol. The molecule has 10 atom stereocenters. The van der Waals surface area contributed by atoms with Crippen molar-refractivity contribution in [1.29, 1.82) is 0 Å². The smallest absolute Gasteiger partial charge is 0.239 e. The third-order valence-electron chi connectivity index (χ3n) is 7.27. The van der Waals surface area contributed by atoms with E-state index in [2.05, 4.69) is 0 Å². The zero-order valence-electron chi connectivity index (χ0n) is 22.3. The first-order valence-electron chi connectivity index (χ1n) is 13.0. The van der Waals surface area contributed by atoms with Crippen LogP contribution in [-0.2, 0) is 9.47 Å². The van der Waals surface area contributed by atoms with E-state index in [9.17, 15) is 55.9 Å². The maximum Gasteiger partial charge on any atom is 0.239 e. The Bertz CT molecular complexity index is 1540. The molecule has 16 nitrogen and oxygen atoms in total. The van der Waals surface area contributed by atoms with E-state index >= 15 is 0 Å². The number of phenolic OH excluding ortho intramolecular Hbond substituents is 3. The quantitative estimate of drug-likeness (QED) is 0.135. The third-order valence-corrected chi connectivity index (χ3v) is 7.27. The van der Waals surface area contributed by atoms with Crippen LogP contribution in [0.25, 0.3) is 22.3 Å². The molecule has 2 aliphatic heterocycles. The van der Waals surface area contributed by atoms with E-state index in [1.54, 1.807) is 0 Å². The van der Waals surface area contributed by atoms with Crippen LogP contribution < -0.4 is 14.9 Å². The molecule has 234 valence electrons. The Labute approximate surface area is 241 Å². The number of rotatable bonds is 6. The number of aromatic hydroxyl groups is 3. The van der Waals surface area contributed by atoms with Crippen molar-refractivity contribution in [2.75, 3.05) is 6.61 Å². The van der Waals surface area contributed by atoms with E-state index in [4.69, 9.17) is 23.4 Å². The molecule has 0 aliphatic carbocycles. The van der Waals surface area contributed by atoms with Crippen LogP contribution in [0.2, 0.25) is 0 Å². The fourth-order valence-electron chi connectivity index (χ4n) is 4.82. The summed E-state index contributed by atoms with van der Waals surface area (Å²) >= 11 is 0. The Morgan fingerprint density at radius 2 is 1.42 bits per heavy atom. The normalized spacial score (nSPS) is 32.9. The Kier molecular flexibility index (Phi) is 8.41. The van der Waals surface area contributed by atoms with Crippen molar-refractivity contribution < 1.29 is 74.4 Å². The lowest BCUT2D eigenvalue weighted by atomic mass is 9.99. The molecule has 3 heterocycles. The number of fused-ring (bicyclic) bond motifs is 1. The Hall–Kier alpha value is -3.71. The molecule has 0 spiro atoms. The molecular formula is C27H30O16. The van der Waals surface area contributed by atoms with Crippen molar-refractivity contribution in [2.45, 2.75) is 68.3 Å². The van der Waals surface area contributed by atoms with Gasteiger partial charge in [0.2, 0.25) is 23.8 Å². The van der Waals surface area contributed by atoms with Crippen LogP contribution in [0.5, 0.6) is 28.7 Å². The Balaban J connectivity index is 1.67. The fourth-order valence-corrected chi connectivity index (χ4v) is 4.82. The van der Waals surface area contributed by atoms with Gasteiger partial charge in [0.15, 0.2) is 17.3 Å². The molecule has 3 aromatic rings. The summed E-state index contributed by atoms with van der Waals surface area (Å²) < 4.78 is 28.0. The summed E-state index contributed by atoms with van der Waals surface area (Å²) in [6.07, 6.45) is -16.4. The second kappa shape index (κ2) is 11.8. The highest BCUT2D eigenvalue weighted by Crippen LogP contribution is 2.40. The summed E-state index contributed by atoms with van der Waals surface area (Å²) in [5, 5.41) is 101. The minimum atomic E-state index is -1.94. The van der Waals surface area contributed by atoms with Gasteiger partial charge in [-0.05, 0) is 25.1 Å². The number of aliphatic hydroxyl groups excluding tert-OH is 7. The van der Waals surface area contributed by atoms with Gasteiger partial charge in [0, 0.05) is 17.7 Å². The highest BCUT2D eigenvalue weighted by atomic mass is 16.7. The van der Waals surface area contributed by atoms with Gasteiger partial charge in [-0.25, -0.2) is 0 Å². The van der Waals surface area contributed by atoms with E-state index in [0.717, 1.165) is 24.3 Å². The summed E-state index contributed by atoms with van der Waals surface area (Å²) in [5.74, 6) is -3.15. The molecule has 1 aromatic heterocycles. The second-order valence-electron chi connectivity index (χ2n) is 10.2. The maximum atomic E-state index is 14.0. The first-order valence-corrected chi connectivity index (χ1v) is 13.0. The lowest BCUT2D eigenvalue weighted by Gasteiger charge is -2.39. The van der Waals surface area contributed by atoms with Crippen LogP contribution in [0.4, 0.5) is 0 Å². The van der Waals surface area contributed by atoms with E-state index in [0.29, 0.717) is 0 Å². The molecule has 16 heteroatoms. The van der Waals surface area contributed by atoms with E-state index in [1.165, 1.54) is 13.0 Å². The van der Waals surface area contributed by atoms with Crippen molar-refractivity contribution >= 4 is 11.0 Å². The van der Waals surface area contributed by atoms with Gasteiger partial charge in [-0.15, -0.1) is 0 Å². The zero-order chi connectivity index (χ0) is 31.3. The number of benzene rings is 2. The van der Waals surface area contributed by atoms with Crippen LogP contribution in [0.15, 0.2) is 39.5 Å². The fraction of sp³-hybridized carbons (Fsp3) is 0.444. The number of phenols is 3. The van der Waals surface area contributed by atoms with E-state index in [1.807, 2.05) is 0 Å². The topological polar surface area (TPSA) is 269 Å². The highest BCUT2D eigenvalue weighted by Gasteiger charge is 2.46. The summed E-state index contributed by atoms with van der Waals surface area (Å²) in [6.45, 7) is 0.604. The Morgan fingerprint density at radius 3 is 2.07 bits per heavy atom. The van der Waals surface area contributed by atoms with Crippen molar-refractivity contribution in [3.8, 4) is 40.1 Å². The molecule has 5 rings (SSSR count). The molecule has 2 aromatic carbocycles. The minimum absolute atomic E-state index is 0.0447. The molecule has 0 radical (unpaired) electrons. The summed E-state index contributed by atoms with van der Waals surface area (Å²) in [6, 6.07) is 5.33. The molecule has 10 N–H and O–H groups in total. The minimum Gasteiger partial charge on any atom is -0.508 e. The predicted molar refractivity (Wildman–Crippen MR) is 140 cm³/mol. The van der Waals surface area contributed by atoms with Gasteiger partial charge in [0.25, 0.3) is 0 Å². The lowest BCUT2D eigenvalue weighted by Crippen LogP contribution is -2.60. The predicted octanol–water partition coefficient (Wildman–Crippen LogP) is -2.04. The first-order chi connectivity index (χ1) is 20.3. The van der Waals surface area contributed by atoms with Gasteiger partial charge in [-0.3, -0.25) is 4.79 Å². The number of aliphatic hydroxyl groups is 7. The lowest BCUT2D eigenvalue weighted by molar-refractivity contribution is -0.277. The van der Waals surface area contributed by atoms with Gasteiger partial charge in [-0.1, -0.05) is 0 Å². The van der Waals surface area contributed by atoms with Gasteiger partial charge < -0.3 is 74.4 Å². The van der Waals surface area contributed by atoms with Crippen LogP contribution in [0.1, 0.15) is 6.92 Å². The summed E-state index contributed by atoms with van der Waals surface area (Å²) in [5.41, 5.74) is -1.39. The second-order valence-corrected chi connectivity index (χ2v) is 10.2. The average molecular weight is 611 g/mol. The molecule has 0 amide bonds. The summed E-state index contributed by atoms with van der Waals surface area (Å²) in [4.78, 5) is 14.0. The standard InChI is InChI=1S/C27H30O16/c1-8-17(32)20(35)22(37)26(39-8)41-14-6-10(29)5-13-16(14)19(34)25(24(40-13)9-2-3-11(30)12(31)4-9)43-27-23(38)21(36)18(33)15(7-28)42-27/h2-6,8,15,17-18,20-23,26-33,35-38H,7H2,1H3/t8-,15+,17-,18+,20+,21-,22+,23+,26+,27+/m0/s1. The van der Waals surface area contributed by atoms with Crippen LogP contribution in [0, 0.1) is 0 Å². The highest BCUT2D eigenvalue weighted by molar-refractivity contribution is 5.88. The van der Waals surface area contributed by atoms with Gasteiger partial charge in [0.05, 0.1) is 12.7 Å². The van der Waals surface area contributed by atoms with Crippen LogP contribution in [-0.4, -0.2) is 119 Å². The molecule has 43 heavy (non-hydrogen) atoms.